The number of para-hydroxylation sites is 1. The van der Waals surface area contributed by atoms with Crippen LogP contribution in [0.25, 0.3) is 0 Å². The van der Waals surface area contributed by atoms with E-state index >= 15 is 0 Å². The molecule has 0 spiro atoms. The smallest absolute Gasteiger partial charge is 0.264 e. The second kappa shape index (κ2) is 6.24. The molecule has 24 heavy (non-hydrogen) atoms. The Morgan fingerprint density at radius 2 is 1.83 bits per heavy atom. The summed E-state index contributed by atoms with van der Waals surface area (Å²) in [5.74, 6) is -0.908. The first-order valence-corrected chi connectivity index (χ1v) is 8.86. The van der Waals surface area contributed by atoms with E-state index in [0.29, 0.717) is 12.2 Å². The van der Waals surface area contributed by atoms with Gasteiger partial charge in [-0.1, -0.05) is 18.2 Å². The number of benzene rings is 2. The number of ether oxygens (including phenoxy) is 1. The Labute approximate surface area is 139 Å². The van der Waals surface area contributed by atoms with Crippen molar-refractivity contribution in [2.45, 2.75) is 17.2 Å². The Kier molecular flexibility index (Phi) is 4.28. The molecule has 3 rings (SSSR count). The molecule has 1 N–H and O–H groups in total. The van der Waals surface area contributed by atoms with Crippen LogP contribution in [-0.4, -0.2) is 21.4 Å². The van der Waals surface area contributed by atoms with Crippen LogP contribution in [0.2, 0.25) is 0 Å². The molecule has 5 nitrogen and oxygen atoms in total. The zero-order chi connectivity index (χ0) is 17.3. The van der Waals surface area contributed by atoms with Crippen molar-refractivity contribution in [2.75, 3.05) is 7.11 Å². The summed E-state index contributed by atoms with van der Waals surface area (Å²) in [6, 6.07) is 11.7. The van der Waals surface area contributed by atoms with Crippen LogP contribution >= 0.6 is 0 Å². The van der Waals surface area contributed by atoms with Crippen molar-refractivity contribution in [3.05, 3.63) is 59.9 Å². The summed E-state index contributed by atoms with van der Waals surface area (Å²) in [6.45, 7) is 0. The van der Waals surface area contributed by atoms with E-state index < -0.39 is 27.7 Å². The molecule has 2 aromatic carbocycles. The van der Waals surface area contributed by atoms with Gasteiger partial charge < -0.3 is 4.74 Å². The van der Waals surface area contributed by atoms with Crippen molar-refractivity contribution in [2.24, 2.45) is 5.92 Å². The first-order valence-electron chi connectivity index (χ1n) is 7.37. The third-order valence-corrected chi connectivity index (χ3v) is 5.39. The van der Waals surface area contributed by atoms with Gasteiger partial charge >= 0.3 is 0 Å². The highest BCUT2D eigenvalue weighted by Crippen LogP contribution is 2.50. The topological polar surface area (TPSA) is 72.5 Å². The minimum atomic E-state index is -4.00. The van der Waals surface area contributed by atoms with Crippen LogP contribution in [0.5, 0.6) is 5.75 Å². The Bertz CT molecular complexity index is 864. The summed E-state index contributed by atoms with van der Waals surface area (Å²) in [4.78, 5) is 12.1. The van der Waals surface area contributed by atoms with Gasteiger partial charge in [0, 0.05) is 5.92 Å². The number of amides is 1. The zero-order valence-electron chi connectivity index (χ0n) is 12.9. The molecule has 2 unspecified atom stereocenters. The fraction of sp³-hybridized carbons (Fsp3) is 0.235. The number of hydrogen-bond donors (Lipinski definition) is 1. The van der Waals surface area contributed by atoms with Gasteiger partial charge in [0.25, 0.3) is 10.0 Å². The van der Waals surface area contributed by atoms with Crippen LogP contribution in [0.1, 0.15) is 17.9 Å². The zero-order valence-corrected chi connectivity index (χ0v) is 13.7. The van der Waals surface area contributed by atoms with Gasteiger partial charge in [0.1, 0.15) is 11.6 Å². The van der Waals surface area contributed by atoms with E-state index in [-0.39, 0.29) is 10.8 Å². The maximum atomic E-state index is 12.9. The highest BCUT2D eigenvalue weighted by atomic mass is 32.2. The highest BCUT2D eigenvalue weighted by molar-refractivity contribution is 7.90. The predicted molar refractivity (Wildman–Crippen MR) is 85.6 cm³/mol. The predicted octanol–water partition coefficient (Wildman–Crippen LogP) is 2.44. The Balaban J connectivity index is 1.71. The van der Waals surface area contributed by atoms with Gasteiger partial charge in [-0.25, -0.2) is 17.5 Å². The fourth-order valence-corrected chi connectivity index (χ4v) is 3.71. The van der Waals surface area contributed by atoms with Gasteiger partial charge in [0.05, 0.1) is 12.0 Å². The van der Waals surface area contributed by atoms with Gasteiger partial charge in [0.2, 0.25) is 5.91 Å². The SMILES string of the molecule is COc1ccccc1C1CC1C(=O)NS(=O)(=O)c1ccc(F)cc1. The summed E-state index contributed by atoms with van der Waals surface area (Å²) in [5, 5.41) is 0. The molecule has 2 atom stereocenters. The van der Waals surface area contributed by atoms with Crippen molar-refractivity contribution < 1.29 is 22.3 Å². The molecule has 0 bridgehead atoms. The lowest BCUT2D eigenvalue weighted by molar-refractivity contribution is -0.120. The molecule has 0 aliphatic heterocycles. The number of rotatable bonds is 5. The summed E-state index contributed by atoms with van der Waals surface area (Å²) in [5.41, 5.74) is 0.888. The molecule has 1 saturated carbocycles. The van der Waals surface area contributed by atoms with Crippen LogP contribution in [-0.2, 0) is 14.8 Å². The lowest BCUT2D eigenvalue weighted by atomic mass is 10.1. The number of nitrogens with one attached hydrogen (secondary N) is 1. The number of carbonyl (C=O) groups is 1. The van der Waals surface area contributed by atoms with E-state index in [1.165, 1.54) is 0 Å². The molecular formula is C17H16FNO4S. The molecule has 0 saturated heterocycles. The van der Waals surface area contributed by atoms with E-state index in [2.05, 4.69) is 4.72 Å². The van der Waals surface area contributed by atoms with Gasteiger partial charge in [0.15, 0.2) is 0 Å². The van der Waals surface area contributed by atoms with Gasteiger partial charge in [-0.05, 0) is 48.2 Å². The lowest BCUT2D eigenvalue weighted by Gasteiger charge is -2.09. The minimum absolute atomic E-state index is 0.0652. The Morgan fingerprint density at radius 1 is 1.17 bits per heavy atom. The average molecular weight is 349 g/mol. The summed E-state index contributed by atoms with van der Waals surface area (Å²) in [7, 11) is -2.45. The molecular weight excluding hydrogens is 333 g/mol. The monoisotopic (exact) mass is 349 g/mol. The van der Waals surface area contributed by atoms with Crippen LogP contribution in [0, 0.1) is 11.7 Å². The van der Waals surface area contributed by atoms with Crippen molar-refractivity contribution >= 4 is 15.9 Å². The number of carbonyl (C=O) groups excluding carboxylic acids is 1. The molecule has 1 aliphatic carbocycles. The van der Waals surface area contributed by atoms with Crippen molar-refractivity contribution in [1.82, 2.24) is 4.72 Å². The maximum Gasteiger partial charge on any atom is 0.264 e. The molecule has 1 amide bonds. The average Bonchev–Trinajstić information content (AvgIpc) is 3.35. The fourth-order valence-electron chi connectivity index (χ4n) is 2.68. The first kappa shape index (κ1) is 16.4. The molecule has 1 fully saturated rings. The lowest BCUT2D eigenvalue weighted by Crippen LogP contribution is -2.32. The van der Waals surface area contributed by atoms with Crippen LogP contribution < -0.4 is 9.46 Å². The number of hydrogen-bond acceptors (Lipinski definition) is 4. The Morgan fingerprint density at radius 3 is 2.50 bits per heavy atom. The molecule has 1 aliphatic rings. The van der Waals surface area contributed by atoms with Crippen LogP contribution in [0.3, 0.4) is 0 Å². The molecule has 2 aromatic rings. The minimum Gasteiger partial charge on any atom is -0.496 e. The van der Waals surface area contributed by atoms with E-state index in [4.69, 9.17) is 4.74 Å². The normalized spacial score (nSPS) is 19.6. The second-order valence-corrected chi connectivity index (χ2v) is 7.30. The molecule has 0 heterocycles. The van der Waals surface area contributed by atoms with Crippen LogP contribution in [0.4, 0.5) is 4.39 Å². The standard InChI is InChI=1S/C17H16FNO4S/c1-23-16-5-3-2-4-13(16)14-10-15(14)17(20)19-24(21,22)12-8-6-11(18)7-9-12/h2-9,14-15H,10H2,1H3,(H,19,20). The summed E-state index contributed by atoms with van der Waals surface area (Å²) in [6.07, 6.45) is 0.561. The van der Waals surface area contributed by atoms with Gasteiger partial charge in [-0.3, -0.25) is 4.79 Å². The van der Waals surface area contributed by atoms with Gasteiger partial charge in [-0.15, -0.1) is 0 Å². The van der Waals surface area contributed by atoms with E-state index in [0.717, 1.165) is 29.8 Å². The van der Waals surface area contributed by atoms with E-state index in [1.54, 1.807) is 13.2 Å². The third kappa shape index (κ3) is 3.26. The first-order chi connectivity index (χ1) is 11.4. The maximum absolute atomic E-state index is 12.9. The summed E-state index contributed by atoms with van der Waals surface area (Å²) >= 11 is 0. The number of sulfonamides is 1. The highest BCUT2D eigenvalue weighted by Gasteiger charge is 2.46. The van der Waals surface area contributed by atoms with E-state index in [1.807, 2.05) is 18.2 Å². The molecule has 7 heteroatoms. The molecule has 0 aromatic heterocycles. The number of methoxy groups -OCH3 is 1. The quantitative estimate of drug-likeness (QED) is 0.900. The number of halogens is 1. The van der Waals surface area contributed by atoms with Crippen molar-refractivity contribution in [3.63, 3.8) is 0 Å². The summed E-state index contributed by atoms with van der Waals surface area (Å²) < 4.78 is 44.6. The van der Waals surface area contributed by atoms with E-state index in [9.17, 15) is 17.6 Å². The Hall–Kier alpha value is -2.41. The molecule has 126 valence electrons. The molecule has 0 radical (unpaired) electrons. The largest absolute Gasteiger partial charge is 0.496 e. The van der Waals surface area contributed by atoms with Gasteiger partial charge in [-0.2, -0.15) is 0 Å². The third-order valence-electron chi connectivity index (χ3n) is 4.02. The second-order valence-electron chi connectivity index (χ2n) is 5.61. The van der Waals surface area contributed by atoms with Crippen LogP contribution in [0.15, 0.2) is 53.4 Å². The van der Waals surface area contributed by atoms with Crippen molar-refractivity contribution in [3.8, 4) is 5.75 Å². The van der Waals surface area contributed by atoms with Crippen molar-refractivity contribution in [1.29, 1.82) is 0 Å².